The summed E-state index contributed by atoms with van der Waals surface area (Å²) in [6.45, 7) is 0. The summed E-state index contributed by atoms with van der Waals surface area (Å²) in [5.41, 5.74) is 3.15. The summed E-state index contributed by atoms with van der Waals surface area (Å²) < 4.78 is 10.5. The van der Waals surface area contributed by atoms with E-state index in [1.165, 1.54) is 5.56 Å². The van der Waals surface area contributed by atoms with Crippen LogP contribution in [-0.2, 0) is 27.1 Å². The smallest absolute Gasteiger partial charge is 0.224 e. The first-order valence-corrected chi connectivity index (χ1v) is 8.70. The average molecular weight is 341 g/mol. The van der Waals surface area contributed by atoms with Crippen molar-refractivity contribution in [3.05, 3.63) is 65.7 Å². The van der Waals surface area contributed by atoms with Crippen LogP contribution in [0.2, 0.25) is 0 Å². The molecule has 0 atom stereocenters. The number of anilines is 1. The Hall–Kier alpha value is -2.17. The molecule has 0 heterocycles. The Morgan fingerprint density at radius 3 is 2.36 bits per heavy atom. The van der Waals surface area contributed by atoms with Gasteiger partial charge in [-0.15, -0.1) is 0 Å². The number of unbranched alkanes of at least 4 members (excludes halogenated alkanes) is 1. The lowest BCUT2D eigenvalue weighted by Crippen LogP contribution is -2.18. The van der Waals surface area contributed by atoms with Gasteiger partial charge in [0.05, 0.1) is 0 Å². The van der Waals surface area contributed by atoms with Crippen molar-refractivity contribution in [2.75, 3.05) is 19.5 Å². The van der Waals surface area contributed by atoms with Crippen LogP contribution < -0.4 is 5.32 Å². The zero-order valence-corrected chi connectivity index (χ0v) is 15.0. The zero-order chi connectivity index (χ0) is 17.9. The van der Waals surface area contributed by atoms with Gasteiger partial charge in [0, 0.05) is 32.7 Å². The van der Waals surface area contributed by atoms with Crippen molar-refractivity contribution in [3.63, 3.8) is 0 Å². The minimum atomic E-state index is -0.316. The summed E-state index contributed by atoms with van der Waals surface area (Å²) in [6, 6.07) is 18.1. The van der Waals surface area contributed by atoms with Gasteiger partial charge in [-0.25, -0.2) is 0 Å². The summed E-state index contributed by atoms with van der Waals surface area (Å²) in [5, 5.41) is 3.01. The summed E-state index contributed by atoms with van der Waals surface area (Å²) in [4.78, 5) is 12.2. The highest BCUT2D eigenvalue weighted by atomic mass is 16.7. The molecule has 0 unspecified atom stereocenters. The molecule has 2 aromatic rings. The van der Waals surface area contributed by atoms with Crippen LogP contribution >= 0.6 is 0 Å². The van der Waals surface area contributed by atoms with Crippen LogP contribution in [0.4, 0.5) is 5.69 Å². The summed E-state index contributed by atoms with van der Waals surface area (Å²) in [5.74, 6) is 0.0481. The maximum absolute atomic E-state index is 12.2. The van der Waals surface area contributed by atoms with Crippen LogP contribution in [0, 0.1) is 0 Å². The van der Waals surface area contributed by atoms with E-state index in [2.05, 4.69) is 17.4 Å². The molecule has 1 N–H and O–H groups in total. The van der Waals surface area contributed by atoms with Gasteiger partial charge in [-0.05, 0) is 36.5 Å². The first-order valence-electron chi connectivity index (χ1n) is 8.70. The Balaban J connectivity index is 1.80. The molecule has 0 saturated heterocycles. The number of hydrogen-bond acceptors (Lipinski definition) is 3. The second-order valence-corrected chi connectivity index (χ2v) is 6.00. The molecule has 134 valence electrons. The third-order valence-electron chi connectivity index (χ3n) is 4.17. The van der Waals surface area contributed by atoms with Crippen molar-refractivity contribution in [1.29, 1.82) is 0 Å². The number of para-hydroxylation sites is 1. The second kappa shape index (κ2) is 10.6. The van der Waals surface area contributed by atoms with Crippen LogP contribution in [-0.4, -0.2) is 26.4 Å². The van der Waals surface area contributed by atoms with Gasteiger partial charge < -0.3 is 14.8 Å². The van der Waals surface area contributed by atoms with Crippen molar-refractivity contribution in [3.8, 4) is 0 Å². The minimum absolute atomic E-state index is 0.0481. The normalized spacial score (nSPS) is 10.8. The van der Waals surface area contributed by atoms with Crippen molar-refractivity contribution in [2.24, 2.45) is 0 Å². The van der Waals surface area contributed by atoms with E-state index in [1.54, 1.807) is 14.2 Å². The maximum atomic E-state index is 12.2. The number of carbonyl (C=O) groups excluding carboxylic acids is 1. The highest BCUT2D eigenvalue weighted by Gasteiger charge is 2.12. The first kappa shape index (κ1) is 19.2. The number of benzene rings is 2. The Morgan fingerprint density at radius 2 is 1.64 bits per heavy atom. The molecule has 0 aliphatic rings. The summed E-state index contributed by atoms with van der Waals surface area (Å²) in [6.07, 6.45) is 3.70. The molecule has 4 heteroatoms. The molecule has 0 aromatic heterocycles. The highest BCUT2D eigenvalue weighted by molar-refractivity contribution is 5.91. The van der Waals surface area contributed by atoms with Crippen LogP contribution in [0.5, 0.6) is 0 Å². The lowest BCUT2D eigenvalue weighted by Gasteiger charge is -2.16. The summed E-state index contributed by atoms with van der Waals surface area (Å²) >= 11 is 0. The average Bonchev–Trinajstić information content (AvgIpc) is 2.65. The Bertz CT molecular complexity index is 639. The molecule has 0 aliphatic heterocycles. The maximum Gasteiger partial charge on any atom is 0.224 e. The molecule has 4 nitrogen and oxygen atoms in total. The SMILES string of the molecule is COC(Cc1ccccc1NC(=O)CCCCc1ccccc1)OC. The van der Waals surface area contributed by atoms with Crippen LogP contribution in [0.15, 0.2) is 54.6 Å². The van der Waals surface area contributed by atoms with Crippen molar-refractivity contribution < 1.29 is 14.3 Å². The lowest BCUT2D eigenvalue weighted by atomic mass is 10.1. The molecule has 0 bridgehead atoms. The fourth-order valence-corrected chi connectivity index (χ4v) is 2.73. The van der Waals surface area contributed by atoms with E-state index in [-0.39, 0.29) is 12.2 Å². The number of carbonyl (C=O) groups is 1. The van der Waals surface area contributed by atoms with E-state index in [0.717, 1.165) is 30.5 Å². The monoisotopic (exact) mass is 341 g/mol. The van der Waals surface area contributed by atoms with E-state index < -0.39 is 0 Å². The van der Waals surface area contributed by atoms with Gasteiger partial charge in [0.1, 0.15) is 0 Å². The number of aryl methyl sites for hydroxylation is 1. The molecular weight excluding hydrogens is 314 g/mol. The van der Waals surface area contributed by atoms with Gasteiger partial charge in [-0.1, -0.05) is 48.5 Å². The molecule has 1 amide bonds. The molecular formula is C21H27NO3. The Labute approximate surface area is 150 Å². The molecule has 0 aliphatic carbocycles. The van der Waals surface area contributed by atoms with Crippen molar-refractivity contribution in [2.45, 2.75) is 38.4 Å². The Morgan fingerprint density at radius 1 is 0.960 bits per heavy atom. The van der Waals surface area contributed by atoms with Gasteiger partial charge in [0.25, 0.3) is 0 Å². The predicted molar refractivity (Wildman–Crippen MR) is 101 cm³/mol. The van der Waals surface area contributed by atoms with E-state index >= 15 is 0 Å². The van der Waals surface area contributed by atoms with Crippen LogP contribution in [0.1, 0.15) is 30.4 Å². The molecule has 25 heavy (non-hydrogen) atoms. The van der Waals surface area contributed by atoms with Crippen molar-refractivity contribution >= 4 is 11.6 Å². The minimum Gasteiger partial charge on any atom is -0.356 e. The van der Waals surface area contributed by atoms with Gasteiger partial charge in [0.15, 0.2) is 6.29 Å². The van der Waals surface area contributed by atoms with Crippen LogP contribution in [0.25, 0.3) is 0 Å². The molecule has 0 saturated carbocycles. The van der Waals surface area contributed by atoms with E-state index in [9.17, 15) is 4.79 Å². The number of hydrogen-bond donors (Lipinski definition) is 1. The number of rotatable bonds is 10. The highest BCUT2D eigenvalue weighted by Crippen LogP contribution is 2.18. The first-order chi connectivity index (χ1) is 12.2. The largest absolute Gasteiger partial charge is 0.356 e. The number of nitrogens with one attached hydrogen (secondary N) is 1. The molecule has 0 radical (unpaired) electrons. The zero-order valence-electron chi connectivity index (χ0n) is 15.0. The molecule has 0 spiro atoms. The molecule has 0 fully saturated rings. The predicted octanol–water partition coefficient (Wildman–Crippen LogP) is 4.20. The van der Waals surface area contributed by atoms with Gasteiger partial charge in [-0.3, -0.25) is 4.79 Å². The van der Waals surface area contributed by atoms with Gasteiger partial charge >= 0.3 is 0 Å². The molecule has 2 aromatic carbocycles. The summed E-state index contributed by atoms with van der Waals surface area (Å²) in [7, 11) is 3.23. The fourth-order valence-electron chi connectivity index (χ4n) is 2.73. The van der Waals surface area contributed by atoms with E-state index in [4.69, 9.17) is 9.47 Å². The van der Waals surface area contributed by atoms with E-state index in [0.29, 0.717) is 12.8 Å². The van der Waals surface area contributed by atoms with Crippen molar-refractivity contribution in [1.82, 2.24) is 0 Å². The second-order valence-electron chi connectivity index (χ2n) is 6.00. The number of ether oxygens (including phenoxy) is 2. The fraction of sp³-hybridized carbons (Fsp3) is 0.381. The number of methoxy groups -OCH3 is 2. The molecule has 2 rings (SSSR count). The number of amides is 1. The third-order valence-corrected chi connectivity index (χ3v) is 4.17. The topological polar surface area (TPSA) is 47.6 Å². The van der Waals surface area contributed by atoms with Crippen LogP contribution in [0.3, 0.4) is 0 Å². The Kier molecular flexibility index (Phi) is 8.16. The van der Waals surface area contributed by atoms with Gasteiger partial charge in [-0.2, -0.15) is 0 Å². The standard InChI is InChI=1S/C21H27NO3/c1-24-21(25-2)16-18-13-7-8-14-19(18)22-20(23)15-9-6-12-17-10-4-3-5-11-17/h3-5,7-8,10-11,13-14,21H,6,9,12,15-16H2,1-2H3,(H,22,23). The van der Waals surface area contributed by atoms with Gasteiger partial charge in [0.2, 0.25) is 5.91 Å². The quantitative estimate of drug-likeness (QED) is 0.520. The third kappa shape index (κ3) is 6.69. The lowest BCUT2D eigenvalue weighted by molar-refractivity contribution is -0.116. The van der Waals surface area contributed by atoms with E-state index in [1.807, 2.05) is 42.5 Å².